The lowest BCUT2D eigenvalue weighted by atomic mass is 10.0. The second-order valence-corrected chi connectivity index (χ2v) is 9.45. The molecule has 9 heteroatoms. The van der Waals surface area contributed by atoms with Gasteiger partial charge in [0, 0.05) is 37.6 Å². The molecule has 2 aliphatic heterocycles. The van der Waals surface area contributed by atoms with Crippen LogP contribution in [0.15, 0.2) is 35.2 Å². The van der Waals surface area contributed by atoms with Gasteiger partial charge in [-0.1, -0.05) is 18.2 Å². The Bertz CT molecular complexity index is 812. The number of sulfonamides is 1. The first-order chi connectivity index (χ1) is 13.3. The van der Waals surface area contributed by atoms with Crippen molar-refractivity contribution in [2.75, 3.05) is 13.1 Å². The number of hydrogen-bond acceptors (Lipinski definition) is 5. The van der Waals surface area contributed by atoms with Gasteiger partial charge in [-0.2, -0.15) is 0 Å². The van der Waals surface area contributed by atoms with Crippen LogP contribution < -0.4 is 15.4 Å². The maximum absolute atomic E-state index is 12.6. The molecule has 1 aromatic carbocycles. The van der Waals surface area contributed by atoms with E-state index < -0.39 is 10.0 Å². The summed E-state index contributed by atoms with van der Waals surface area (Å²) in [6.45, 7) is 4.76. The molecule has 28 heavy (non-hydrogen) atoms. The number of nitrogens with one attached hydrogen (secondary N) is 3. The normalized spacial score (nSPS) is 25.4. The van der Waals surface area contributed by atoms with Gasteiger partial charge in [0.2, 0.25) is 21.8 Å². The van der Waals surface area contributed by atoms with Gasteiger partial charge in [-0.15, -0.1) is 0 Å². The summed E-state index contributed by atoms with van der Waals surface area (Å²) < 4.78 is 27.9. The number of nitrogens with zero attached hydrogens (tertiary/aromatic N) is 1. The molecule has 2 heterocycles. The number of amides is 2. The summed E-state index contributed by atoms with van der Waals surface area (Å²) in [7, 11) is -3.63. The van der Waals surface area contributed by atoms with Crippen molar-refractivity contribution in [1.29, 1.82) is 0 Å². The van der Waals surface area contributed by atoms with E-state index in [-0.39, 0.29) is 40.9 Å². The van der Waals surface area contributed by atoms with E-state index >= 15 is 0 Å². The smallest absolute Gasteiger partial charge is 0.240 e. The van der Waals surface area contributed by atoms with Crippen LogP contribution in [-0.2, 0) is 19.6 Å². The van der Waals surface area contributed by atoms with Gasteiger partial charge in [0.05, 0.1) is 10.9 Å². The number of carbonyl (C=O) groups is 2. The molecule has 0 saturated carbocycles. The van der Waals surface area contributed by atoms with Crippen molar-refractivity contribution in [2.45, 2.75) is 62.2 Å². The second-order valence-electron chi connectivity index (χ2n) is 7.74. The minimum absolute atomic E-state index is 0.0102. The molecule has 2 amide bonds. The number of rotatable bonds is 7. The Labute approximate surface area is 166 Å². The zero-order chi connectivity index (χ0) is 20.3. The molecular weight excluding hydrogens is 380 g/mol. The molecule has 2 saturated heterocycles. The molecule has 0 aliphatic carbocycles. The number of piperazine rings is 1. The quantitative estimate of drug-likeness (QED) is 0.598. The molecule has 2 aliphatic rings. The average Bonchev–Trinajstić information content (AvgIpc) is 3.05. The zero-order valence-corrected chi connectivity index (χ0v) is 17.0. The van der Waals surface area contributed by atoms with Gasteiger partial charge in [0.25, 0.3) is 0 Å². The van der Waals surface area contributed by atoms with Crippen LogP contribution in [0.4, 0.5) is 0 Å². The molecule has 3 N–H and O–H groups in total. The molecule has 1 aromatic rings. The molecule has 0 spiro atoms. The van der Waals surface area contributed by atoms with Crippen LogP contribution in [0.2, 0.25) is 0 Å². The lowest BCUT2D eigenvalue weighted by Crippen LogP contribution is -2.58. The van der Waals surface area contributed by atoms with E-state index in [1.54, 1.807) is 30.3 Å². The third-order valence-electron chi connectivity index (χ3n) is 5.15. The Morgan fingerprint density at radius 1 is 1.29 bits per heavy atom. The van der Waals surface area contributed by atoms with Gasteiger partial charge in [0.15, 0.2) is 0 Å². The summed E-state index contributed by atoms with van der Waals surface area (Å²) in [5.41, 5.74) is 0. The van der Waals surface area contributed by atoms with Crippen molar-refractivity contribution in [2.24, 2.45) is 0 Å². The van der Waals surface area contributed by atoms with E-state index in [4.69, 9.17) is 0 Å². The zero-order valence-electron chi connectivity index (χ0n) is 16.2. The SMILES string of the molecule is CC(C)NC(=O)CC[C@@H]1CNC(=O)[C@@H]2C[C@H](NS(=O)(=O)c3ccccc3)CN12. The summed E-state index contributed by atoms with van der Waals surface area (Å²) in [6, 6.07) is 7.62. The average molecular weight is 409 g/mol. The first kappa shape index (κ1) is 20.8. The molecule has 154 valence electrons. The van der Waals surface area contributed by atoms with Gasteiger partial charge in [0.1, 0.15) is 0 Å². The van der Waals surface area contributed by atoms with E-state index in [9.17, 15) is 18.0 Å². The monoisotopic (exact) mass is 408 g/mol. The first-order valence-electron chi connectivity index (χ1n) is 9.66. The Kier molecular flexibility index (Phi) is 6.36. The largest absolute Gasteiger partial charge is 0.354 e. The maximum atomic E-state index is 12.6. The molecule has 3 atom stereocenters. The predicted octanol–water partition coefficient (Wildman–Crippen LogP) is 0.211. The van der Waals surface area contributed by atoms with Gasteiger partial charge in [-0.3, -0.25) is 14.5 Å². The van der Waals surface area contributed by atoms with E-state index in [0.717, 1.165) is 0 Å². The highest BCUT2D eigenvalue weighted by atomic mass is 32.2. The van der Waals surface area contributed by atoms with Crippen LogP contribution in [0, 0.1) is 0 Å². The van der Waals surface area contributed by atoms with Crippen molar-refractivity contribution in [3.05, 3.63) is 30.3 Å². The summed E-state index contributed by atoms with van der Waals surface area (Å²) in [5, 5.41) is 5.77. The van der Waals surface area contributed by atoms with Crippen LogP contribution in [0.3, 0.4) is 0 Å². The van der Waals surface area contributed by atoms with Crippen molar-refractivity contribution in [1.82, 2.24) is 20.3 Å². The van der Waals surface area contributed by atoms with Crippen molar-refractivity contribution in [3.63, 3.8) is 0 Å². The highest BCUT2D eigenvalue weighted by Crippen LogP contribution is 2.26. The fourth-order valence-corrected chi connectivity index (χ4v) is 5.17. The van der Waals surface area contributed by atoms with Crippen LogP contribution in [0.1, 0.15) is 33.1 Å². The Balaban J connectivity index is 1.63. The Morgan fingerprint density at radius 2 is 2.00 bits per heavy atom. The van der Waals surface area contributed by atoms with Gasteiger partial charge >= 0.3 is 0 Å². The molecule has 3 rings (SSSR count). The molecule has 0 unspecified atom stereocenters. The molecule has 8 nitrogen and oxygen atoms in total. The van der Waals surface area contributed by atoms with Crippen molar-refractivity contribution in [3.8, 4) is 0 Å². The van der Waals surface area contributed by atoms with E-state index in [1.165, 1.54) is 0 Å². The molecule has 2 fully saturated rings. The highest BCUT2D eigenvalue weighted by molar-refractivity contribution is 7.89. The molecule has 0 bridgehead atoms. The van der Waals surface area contributed by atoms with Crippen LogP contribution in [0.25, 0.3) is 0 Å². The number of benzene rings is 1. The van der Waals surface area contributed by atoms with Crippen LogP contribution >= 0.6 is 0 Å². The van der Waals surface area contributed by atoms with Gasteiger partial charge < -0.3 is 10.6 Å². The fourth-order valence-electron chi connectivity index (χ4n) is 3.91. The summed E-state index contributed by atoms with van der Waals surface area (Å²) in [5.74, 6) is -0.0896. The van der Waals surface area contributed by atoms with E-state index in [1.807, 2.05) is 18.7 Å². The number of carbonyl (C=O) groups excluding carboxylic acids is 2. The van der Waals surface area contributed by atoms with Gasteiger partial charge in [-0.05, 0) is 38.8 Å². The summed E-state index contributed by atoms with van der Waals surface area (Å²) >= 11 is 0. The second kappa shape index (κ2) is 8.59. The topological polar surface area (TPSA) is 108 Å². The first-order valence-corrected chi connectivity index (χ1v) is 11.1. The standard InChI is InChI=1S/C19H28N4O4S/c1-13(2)21-18(24)9-8-15-11-20-19(25)17-10-14(12-23(15)17)22-28(26,27)16-6-4-3-5-7-16/h3-7,13-15,17,22H,8-12H2,1-2H3,(H,20,25)(H,21,24)/t14-,15+,17-/m0/s1. The Hall–Kier alpha value is -1.97. The lowest BCUT2D eigenvalue weighted by Gasteiger charge is -2.37. The summed E-state index contributed by atoms with van der Waals surface area (Å²) in [6.07, 6.45) is 1.42. The van der Waals surface area contributed by atoms with Crippen molar-refractivity contribution < 1.29 is 18.0 Å². The fraction of sp³-hybridized carbons (Fsp3) is 0.579. The minimum Gasteiger partial charge on any atom is -0.354 e. The van der Waals surface area contributed by atoms with E-state index in [2.05, 4.69) is 15.4 Å². The third kappa shape index (κ3) is 4.89. The maximum Gasteiger partial charge on any atom is 0.240 e. The Morgan fingerprint density at radius 3 is 2.68 bits per heavy atom. The summed E-state index contributed by atoms with van der Waals surface area (Å²) in [4.78, 5) is 26.5. The molecule has 0 aromatic heterocycles. The highest BCUT2D eigenvalue weighted by Gasteiger charge is 2.44. The van der Waals surface area contributed by atoms with Gasteiger partial charge in [-0.25, -0.2) is 13.1 Å². The molecular formula is C19H28N4O4S. The van der Waals surface area contributed by atoms with Crippen molar-refractivity contribution >= 4 is 21.8 Å². The minimum atomic E-state index is -3.63. The predicted molar refractivity (Wildman–Crippen MR) is 105 cm³/mol. The number of fused-ring (bicyclic) bond motifs is 1. The van der Waals surface area contributed by atoms with E-state index in [0.29, 0.717) is 32.4 Å². The van der Waals surface area contributed by atoms with Crippen LogP contribution in [0.5, 0.6) is 0 Å². The lowest BCUT2D eigenvalue weighted by molar-refractivity contribution is -0.129. The number of hydrogen-bond donors (Lipinski definition) is 3. The van der Waals surface area contributed by atoms with Crippen LogP contribution in [-0.4, -0.2) is 62.4 Å². The third-order valence-corrected chi connectivity index (χ3v) is 6.69. The molecule has 0 radical (unpaired) electrons.